The van der Waals surface area contributed by atoms with Crippen LogP contribution in [0.3, 0.4) is 0 Å². The van der Waals surface area contributed by atoms with Crippen LogP contribution in [-0.4, -0.2) is 22.9 Å². The van der Waals surface area contributed by atoms with E-state index in [4.69, 9.17) is 14.6 Å². The highest BCUT2D eigenvalue weighted by atomic mass is 16.5. The average molecular weight is 386 g/mol. The standard InChI is InChI=1S/C24H22N2O3/c1-15-6-5-7-16(12-15)24-26-21(18-8-3-4-9-23(18)29-24)14-20(25-26)19-13-17(28-2)10-11-22(19)27/h3-13,21,24,27H,14H2,1-2H3/t21-,24-/m0/s1. The fourth-order valence-electron chi connectivity index (χ4n) is 4.11. The number of aryl methyl sites for hydroxylation is 1. The van der Waals surface area contributed by atoms with E-state index in [1.54, 1.807) is 19.2 Å². The first-order valence-corrected chi connectivity index (χ1v) is 9.69. The molecule has 0 aromatic heterocycles. The Morgan fingerprint density at radius 2 is 1.93 bits per heavy atom. The number of rotatable bonds is 3. The van der Waals surface area contributed by atoms with Crippen LogP contribution in [0, 0.1) is 6.92 Å². The summed E-state index contributed by atoms with van der Waals surface area (Å²) in [6.07, 6.45) is 0.365. The molecule has 0 radical (unpaired) electrons. The van der Waals surface area contributed by atoms with Crippen LogP contribution in [0.5, 0.6) is 17.2 Å². The summed E-state index contributed by atoms with van der Waals surface area (Å²) in [5.41, 5.74) is 4.86. The molecule has 0 aliphatic carbocycles. The predicted molar refractivity (Wildman–Crippen MR) is 111 cm³/mol. The molecule has 0 bridgehead atoms. The minimum atomic E-state index is -0.319. The number of hydrogen-bond acceptors (Lipinski definition) is 5. The van der Waals surface area contributed by atoms with Crippen LogP contribution in [0.15, 0.2) is 71.8 Å². The van der Waals surface area contributed by atoms with E-state index >= 15 is 0 Å². The van der Waals surface area contributed by atoms with Gasteiger partial charge in [-0.15, -0.1) is 0 Å². The Hall–Kier alpha value is -3.47. The SMILES string of the molecule is COc1ccc(O)c(C2=NN3[C@@H](C2)c2ccccc2O[C@H]3c2cccc(C)c2)c1. The van der Waals surface area contributed by atoms with Gasteiger partial charge in [0.2, 0.25) is 6.23 Å². The van der Waals surface area contributed by atoms with E-state index in [1.165, 1.54) is 5.56 Å². The summed E-state index contributed by atoms with van der Waals surface area (Å²) in [4.78, 5) is 0. The Bertz CT molecular complexity index is 1110. The van der Waals surface area contributed by atoms with Gasteiger partial charge in [-0.05, 0) is 31.2 Å². The summed E-state index contributed by atoms with van der Waals surface area (Å²) in [7, 11) is 1.62. The van der Waals surface area contributed by atoms with E-state index in [0.29, 0.717) is 17.7 Å². The molecule has 0 fully saturated rings. The van der Waals surface area contributed by atoms with Crippen LogP contribution in [0.25, 0.3) is 0 Å². The van der Waals surface area contributed by atoms with Gasteiger partial charge in [-0.2, -0.15) is 5.10 Å². The fourth-order valence-corrected chi connectivity index (χ4v) is 4.11. The molecule has 5 rings (SSSR count). The third-order valence-corrected chi connectivity index (χ3v) is 5.54. The van der Waals surface area contributed by atoms with Gasteiger partial charge in [0, 0.05) is 23.1 Å². The van der Waals surface area contributed by atoms with E-state index in [-0.39, 0.29) is 18.0 Å². The second-order valence-electron chi connectivity index (χ2n) is 7.45. The van der Waals surface area contributed by atoms with Gasteiger partial charge >= 0.3 is 0 Å². The minimum Gasteiger partial charge on any atom is -0.507 e. The van der Waals surface area contributed by atoms with Gasteiger partial charge in [-0.3, -0.25) is 0 Å². The Morgan fingerprint density at radius 1 is 1.07 bits per heavy atom. The monoisotopic (exact) mass is 386 g/mol. The third-order valence-electron chi connectivity index (χ3n) is 5.54. The molecular weight excluding hydrogens is 364 g/mol. The van der Waals surface area contributed by atoms with Crippen LogP contribution in [0.4, 0.5) is 0 Å². The summed E-state index contributed by atoms with van der Waals surface area (Å²) >= 11 is 0. The molecule has 2 aliphatic rings. The topological polar surface area (TPSA) is 54.3 Å². The van der Waals surface area contributed by atoms with Crippen molar-refractivity contribution in [2.75, 3.05) is 7.11 Å². The predicted octanol–water partition coefficient (Wildman–Crippen LogP) is 4.95. The summed E-state index contributed by atoms with van der Waals surface area (Å²) in [5, 5.41) is 17.4. The molecule has 3 aromatic carbocycles. The number of hydrogen-bond donors (Lipinski definition) is 1. The molecule has 0 amide bonds. The van der Waals surface area contributed by atoms with Crippen molar-refractivity contribution >= 4 is 5.71 Å². The lowest BCUT2D eigenvalue weighted by Gasteiger charge is -2.38. The van der Waals surface area contributed by atoms with Gasteiger partial charge in [-0.1, -0.05) is 48.0 Å². The van der Waals surface area contributed by atoms with Crippen molar-refractivity contribution < 1.29 is 14.6 Å². The van der Waals surface area contributed by atoms with Crippen LogP contribution < -0.4 is 9.47 Å². The number of phenols is 1. The first kappa shape index (κ1) is 17.6. The zero-order valence-corrected chi connectivity index (χ0v) is 16.4. The summed E-state index contributed by atoms with van der Waals surface area (Å²) in [6, 6.07) is 21.7. The van der Waals surface area contributed by atoms with Crippen LogP contribution in [-0.2, 0) is 0 Å². The molecule has 3 aromatic rings. The number of hydrazone groups is 1. The van der Waals surface area contributed by atoms with Crippen LogP contribution in [0.1, 0.15) is 40.9 Å². The van der Waals surface area contributed by atoms with Crippen molar-refractivity contribution in [2.24, 2.45) is 5.10 Å². The highest BCUT2D eigenvalue weighted by Crippen LogP contribution is 2.48. The quantitative estimate of drug-likeness (QED) is 0.692. The lowest BCUT2D eigenvalue weighted by molar-refractivity contribution is -0.0190. The number of benzene rings is 3. The number of aromatic hydroxyl groups is 1. The summed E-state index contributed by atoms with van der Waals surface area (Å²) in [6.45, 7) is 2.07. The van der Waals surface area contributed by atoms with Crippen molar-refractivity contribution in [3.8, 4) is 17.2 Å². The van der Waals surface area contributed by atoms with Crippen molar-refractivity contribution in [1.82, 2.24) is 5.01 Å². The van der Waals surface area contributed by atoms with Gasteiger partial charge in [0.15, 0.2) is 0 Å². The molecule has 2 heterocycles. The number of para-hydroxylation sites is 1. The molecule has 0 saturated carbocycles. The maximum Gasteiger partial charge on any atom is 0.213 e. The zero-order chi connectivity index (χ0) is 20.0. The Kier molecular flexibility index (Phi) is 4.16. The molecule has 1 N–H and O–H groups in total. The highest BCUT2D eigenvalue weighted by molar-refractivity contribution is 6.04. The van der Waals surface area contributed by atoms with Crippen molar-refractivity contribution in [3.05, 3.63) is 89.0 Å². The molecule has 29 heavy (non-hydrogen) atoms. The second kappa shape index (κ2) is 6.85. The van der Waals surface area contributed by atoms with Gasteiger partial charge < -0.3 is 14.6 Å². The first-order chi connectivity index (χ1) is 14.1. The van der Waals surface area contributed by atoms with E-state index in [2.05, 4.69) is 31.2 Å². The number of methoxy groups -OCH3 is 1. The van der Waals surface area contributed by atoms with E-state index in [1.807, 2.05) is 35.3 Å². The highest BCUT2D eigenvalue weighted by Gasteiger charge is 2.41. The lowest BCUT2D eigenvalue weighted by atomic mass is 9.95. The second-order valence-corrected chi connectivity index (χ2v) is 7.45. The molecule has 0 spiro atoms. The number of nitrogens with zero attached hydrogens (tertiary/aromatic N) is 2. The van der Waals surface area contributed by atoms with Gasteiger partial charge in [0.25, 0.3) is 0 Å². The fraction of sp³-hybridized carbons (Fsp3) is 0.208. The molecule has 2 aliphatic heterocycles. The van der Waals surface area contributed by atoms with Crippen LogP contribution >= 0.6 is 0 Å². The Morgan fingerprint density at radius 3 is 2.76 bits per heavy atom. The smallest absolute Gasteiger partial charge is 0.213 e. The normalized spacial score (nSPS) is 19.8. The molecule has 146 valence electrons. The lowest BCUT2D eigenvalue weighted by Crippen LogP contribution is -2.33. The largest absolute Gasteiger partial charge is 0.507 e. The zero-order valence-electron chi connectivity index (χ0n) is 16.4. The molecule has 2 atom stereocenters. The van der Waals surface area contributed by atoms with Gasteiger partial charge in [-0.25, -0.2) is 5.01 Å². The van der Waals surface area contributed by atoms with Crippen molar-refractivity contribution in [2.45, 2.75) is 25.6 Å². The van der Waals surface area contributed by atoms with E-state index in [0.717, 1.165) is 22.6 Å². The number of ether oxygens (including phenoxy) is 2. The number of phenolic OH excluding ortho intramolecular Hbond substituents is 1. The average Bonchev–Trinajstić information content (AvgIpc) is 3.19. The first-order valence-electron chi connectivity index (χ1n) is 9.69. The Balaban J connectivity index is 1.61. The van der Waals surface area contributed by atoms with E-state index in [9.17, 15) is 5.11 Å². The van der Waals surface area contributed by atoms with Crippen molar-refractivity contribution in [1.29, 1.82) is 0 Å². The number of fused-ring (bicyclic) bond motifs is 3. The molecular formula is C24H22N2O3. The third kappa shape index (κ3) is 2.99. The maximum absolute atomic E-state index is 10.5. The van der Waals surface area contributed by atoms with E-state index < -0.39 is 0 Å². The molecule has 5 nitrogen and oxygen atoms in total. The minimum absolute atomic E-state index is 0.0473. The van der Waals surface area contributed by atoms with Crippen LogP contribution in [0.2, 0.25) is 0 Å². The molecule has 0 unspecified atom stereocenters. The molecule has 5 heteroatoms. The maximum atomic E-state index is 10.5. The van der Waals surface area contributed by atoms with Crippen molar-refractivity contribution in [3.63, 3.8) is 0 Å². The van der Waals surface area contributed by atoms with Gasteiger partial charge in [0.05, 0.1) is 18.9 Å². The Labute approximate surface area is 169 Å². The molecule has 0 saturated heterocycles. The summed E-state index contributed by atoms with van der Waals surface area (Å²) < 4.78 is 11.7. The van der Waals surface area contributed by atoms with Gasteiger partial charge in [0.1, 0.15) is 17.2 Å². The summed E-state index contributed by atoms with van der Waals surface area (Å²) in [5.74, 6) is 1.77.